The zero-order valence-electron chi connectivity index (χ0n) is 13.1. The number of sulfonamides is 1. The first kappa shape index (κ1) is 17.2. The molecule has 1 aliphatic heterocycles. The van der Waals surface area contributed by atoms with Crippen molar-refractivity contribution in [1.29, 1.82) is 0 Å². The van der Waals surface area contributed by atoms with Crippen molar-refractivity contribution < 1.29 is 13.2 Å². The molecule has 1 aliphatic rings. The summed E-state index contributed by atoms with van der Waals surface area (Å²) in [6.07, 6.45) is 4.81. The summed E-state index contributed by atoms with van der Waals surface area (Å²) >= 11 is 5.85. The second-order valence-electron chi connectivity index (χ2n) is 5.81. The van der Waals surface area contributed by atoms with Gasteiger partial charge in [0.25, 0.3) is 0 Å². The fraction of sp³-hybridized carbons (Fsp3) is 0.353. The van der Waals surface area contributed by atoms with E-state index in [4.69, 9.17) is 16.3 Å². The van der Waals surface area contributed by atoms with Gasteiger partial charge in [0.05, 0.1) is 12.3 Å². The van der Waals surface area contributed by atoms with Gasteiger partial charge in [-0.15, -0.1) is 0 Å². The maximum atomic E-state index is 12.7. The van der Waals surface area contributed by atoms with E-state index in [9.17, 15) is 8.42 Å². The molecule has 7 heteroatoms. The molecule has 2 aromatic rings. The third-order valence-corrected chi connectivity index (χ3v) is 6.02. The van der Waals surface area contributed by atoms with Crippen LogP contribution >= 0.6 is 11.6 Å². The van der Waals surface area contributed by atoms with Crippen molar-refractivity contribution in [3.8, 4) is 5.75 Å². The van der Waals surface area contributed by atoms with Crippen molar-refractivity contribution in [1.82, 2.24) is 9.29 Å². The molecule has 1 aromatic heterocycles. The van der Waals surface area contributed by atoms with Gasteiger partial charge in [0.15, 0.2) is 0 Å². The van der Waals surface area contributed by atoms with Crippen LogP contribution in [0, 0.1) is 0 Å². The minimum absolute atomic E-state index is 0.0217. The lowest BCUT2D eigenvalue weighted by Gasteiger charge is -2.32. The Morgan fingerprint density at radius 1 is 1.17 bits per heavy atom. The lowest BCUT2D eigenvalue weighted by atomic mass is 10.1. The number of nitrogens with zero attached hydrogens (tertiary/aromatic N) is 2. The van der Waals surface area contributed by atoms with Crippen LogP contribution in [0.4, 0.5) is 0 Å². The average Bonchev–Trinajstić information content (AvgIpc) is 2.58. The molecule has 0 spiro atoms. The Hall–Kier alpha value is -1.63. The summed E-state index contributed by atoms with van der Waals surface area (Å²) < 4.78 is 32.7. The maximum absolute atomic E-state index is 12.7. The highest BCUT2D eigenvalue weighted by atomic mass is 35.5. The number of halogens is 1. The van der Waals surface area contributed by atoms with Gasteiger partial charge < -0.3 is 4.74 Å². The van der Waals surface area contributed by atoms with Crippen molar-refractivity contribution >= 4 is 21.6 Å². The van der Waals surface area contributed by atoms with Crippen LogP contribution in [-0.2, 0) is 15.8 Å². The summed E-state index contributed by atoms with van der Waals surface area (Å²) in [6.45, 7) is 0.907. The number of pyridine rings is 1. The molecular formula is C17H19ClN2O3S. The smallest absolute Gasteiger partial charge is 0.218 e. The molecule has 1 aromatic carbocycles. The van der Waals surface area contributed by atoms with Gasteiger partial charge in [-0.05, 0) is 42.7 Å². The highest BCUT2D eigenvalue weighted by Gasteiger charge is 2.30. The molecule has 1 saturated heterocycles. The summed E-state index contributed by atoms with van der Waals surface area (Å²) in [4.78, 5) is 3.95. The maximum Gasteiger partial charge on any atom is 0.218 e. The predicted molar refractivity (Wildman–Crippen MR) is 93.5 cm³/mol. The van der Waals surface area contributed by atoms with Gasteiger partial charge in [-0.3, -0.25) is 4.98 Å². The zero-order valence-corrected chi connectivity index (χ0v) is 14.7. The summed E-state index contributed by atoms with van der Waals surface area (Å²) in [5.41, 5.74) is 0.733. The molecular weight excluding hydrogens is 348 g/mol. The Labute approximate surface area is 147 Å². The number of hydrogen-bond donors (Lipinski definition) is 0. The van der Waals surface area contributed by atoms with Crippen LogP contribution in [-0.4, -0.2) is 36.9 Å². The number of rotatable bonds is 5. The molecule has 2 heterocycles. The van der Waals surface area contributed by atoms with E-state index in [-0.39, 0.29) is 11.9 Å². The Morgan fingerprint density at radius 2 is 1.88 bits per heavy atom. The van der Waals surface area contributed by atoms with Crippen molar-refractivity contribution in [2.45, 2.75) is 24.7 Å². The molecule has 0 amide bonds. The van der Waals surface area contributed by atoms with E-state index in [0.29, 0.717) is 23.9 Å². The Morgan fingerprint density at radius 3 is 2.58 bits per heavy atom. The highest BCUT2D eigenvalue weighted by molar-refractivity contribution is 7.88. The Bertz CT molecular complexity index is 766. The minimum atomic E-state index is -3.38. The van der Waals surface area contributed by atoms with Gasteiger partial charge >= 0.3 is 0 Å². The van der Waals surface area contributed by atoms with E-state index < -0.39 is 10.0 Å². The van der Waals surface area contributed by atoms with Crippen LogP contribution in [0.1, 0.15) is 18.4 Å². The molecule has 0 N–H and O–H groups in total. The summed E-state index contributed by atoms with van der Waals surface area (Å²) in [6, 6.07) is 10.5. The first-order valence-corrected chi connectivity index (χ1v) is 9.80. The van der Waals surface area contributed by atoms with E-state index >= 15 is 0 Å². The molecule has 0 radical (unpaired) electrons. The van der Waals surface area contributed by atoms with Crippen LogP contribution in [0.2, 0.25) is 5.02 Å². The van der Waals surface area contributed by atoms with Gasteiger partial charge in [-0.1, -0.05) is 23.7 Å². The Kier molecular flexibility index (Phi) is 5.38. The molecule has 128 valence electrons. The largest absolute Gasteiger partial charge is 0.489 e. The number of aromatic nitrogens is 1. The summed E-state index contributed by atoms with van der Waals surface area (Å²) in [5, 5.41) is 0.597. The normalized spacial score (nSPS) is 19.1. The number of ether oxygens (including phenoxy) is 1. The van der Waals surface area contributed by atoms with Crippen molar-refractivity contribution in [2.75, 3.05) is 13.1 Å². The van der Waals surface area contributed by atoms with Gasteiger partial charge in [0, 0.05) is 24.0 Å². The highest BCUT2D eigenvalue weighted by Crippen LogP contribution is 2.22. The van der Waals surface area contributed by atoms with Crippen LogP contribution in [0.5, 0.6) is 5.75 Å². The standard InChI is InChI=1S/C17H19ClN2O3S/c18-15-5-3-14(4-6-15)13-24(21,22)20-11-1-2-17(12-20)23-16-7-9-19-10-8-16/h3-10,17H,1-2,11-13H2. The molecule has 3 rings (SSSR count). The third kappa shape index (κ3) is 4.47. The van der Waals surface area contributed by atoms with Crippen LogP contribution < -0.4 is 4.74 Å². The van der Waals surface area contributed by atoms with Crippen molar-refractivity contribution in [3.05, 3.63) is 59.4 Å². The van der Waals surface area contributed by atoms with E-state index in [1.165, 1.54) is 4.31 Å². The lowest BCUT2D eigenvalue weighted by molar-refractivity contribution is 0.129. The number of benzene rings is 1. The average molecular weight is 367 g/mol. The van der Waals surface area contributed by atoms with Gasteiger partial charge in [0.2, 0.25) is 10.0 Å². The second-order valence-corrected chi connectivity index (χ2v) is 8.21. The number of piperidine rings is 1. The third-order valence-electron chi connectivity index (χ3n) is 3.95. The van der Waals surface area contributed by atoms with E-state index in [0.717, 1.165) is 18.4 Å². The SMILES string of the molecule is O=S(=O)(Cc1ccc(Cl)cc1)N1CCCC(Oc2ccncc2)C1. The fourth-order valence-corrected chi connectivity index (χ4v) is 4.47. The quantitative estimate of drug-likeness (QED) is 0.815. The van der Waals surface area contributed by atoms with Crippen molar-refractivity contribution in [3.63, 3.8) is 0 Å². The van der Waals surface area contributed by atoms with Gasteiger partial charge in [-0.25, -0.2) is 8.42 Å². The molecule has 24 heavy (non-hydrogen) atoms. The molecule has 1 fully saturated rings. The molecule has 0 aliphatic carbocycles. The van der Waals surface area contributed by atoms with Gasteiger partial charge in [-0.2, -0.15) is 4.31 Å². The molecule has 1 atom stereocenters. The summed E-state index contributed by atoms with van der Waals surface area (Å²) in [5.74, 6) is 0.693. The molecule has 1 unspecified atom stereocenters. The number of hydrogen-bond acceptors (Lipinski definition) is 4. The summed E-state index contributed by atoms with van der Waals surface area (Å²) in [7, 11) is -3.38. The lowest BCUT2D eigenvalue weighted by Crippen LogP contribution is -2.44. The molecule has 0 bridgehead atoms. The van der Waals surface area contributed by atoms with E-state index in [2.05, 4.69) is 4.98 Å². The molecule has 5 nitrogen and oxygen atoms in total. The van der Waals surface area contributed by atoms with Crippen molar-refractivity contribution in [2.24, 2.45) is 0 Å². The van der Waals surface area contributed by atoms with Crippen LogP contribution in [0.25, 0.3) is 0 Å². The van der Waals surface area contributed by atoms with E-state index in [1.807, 2.05) is 0 Å². The van der Waals surface area contributed by atoms with Crippen LogP contribution in [0.15, 0.2) is 48.8 Å². The zero-order chi connectivity index (χ0) is 17.0. The second kappa shape index (κ2) is 7.51. The first-order valence-electron chi connectivity index (χ1n) is 7.82. The predicted octanol–water partition coefficient (Wildman–Crippen LogP) is 3.11. The van der Waals surface area contributed by atoms with E-state index in [1.54, 1.807) is 48.8 Å². The minimum Gasteiger partial charge on any atom is -0.489 e. The van der Waals surface area contributed by atoms with Gasteiger partial charge in [0.1, 0.15) is 11.9 Å². The molecule has 0 saturated carbocycles. The first-order chi connectivity index (χ1) is 11.5. The Balaban J connectivity index is 1.65. The van der Waals surface area contributed by atoms with Crippen LogP contribution in [0.3, 0.4) is 0 Å². The topological polar surface area (TPSA) is 59.5 Å². The monoisotopic (exact) mass is 366 g/mol. The fourth-order valence-electron chi connectivity index (χ4n) is 2.75.